The number of hydrogen-bond donors (Lipinski definition) is 2. The Morgan fingerprint density at radius 3 is 2.35 bits per heavy atom. The first kappa shape index (κ1) is 22.8. The van der Waals surface area contributed by atoms with Gasteiger partial charge in [-0.25, -0.2) is 0 Å². The van der Waals surface area contributed by atoms with Gasteiger partial charge in [0.15, 0.2) is 0 Å². The van der Waals surface area contributed by atoms with E-state index in [4.69, 9.17) is 9.47 Å². The Morgan fingerprint density at radius 2 is 1.65 bits per heavy atom. The van der Waals surface area contributed by atoms with Crippen LogP contribution in [0.1, 0.15) is 41.0 Å². The van der Waals surface area contributed by atoms with E-state index in [1.807, 2.05) is 54.6 Å². The molecule has 1 aliphatic carbocycles. The van der Waals surface area contributed by atoms with Crippen LogP contribution in [0.2, 0.25) is 0 Å². The Bertz CT molecular complexity index is 1110. The highest BCUT2D eigenvalue weighted by Gasteiger charge is 2.46. The van der Waals surface area contributed by atoms with E-state index in [0.29, 0.717) is 19.4 Å². The Kier molecular flexibility index (Phi) is 6.48. The number of methoxy groups -OCH3 is 1. The first-order chi connectivity index (χ1) is 16.5. The van der Waals surface area contributed by atoms with Crippen LogP contribution in [0.5, 0.6) is 17.2 Å². The molecule has 2 unspecified atom stereocenters. The number of phenols is 1. The predicted molar refractivity (Wildman–Crippen MR) is 133 cm³/mol. The molecule has 3 aromatic rings. The largest absolute Gasteiger partial charge is 0.508 e. The molecule has 34 heavy (non-hydrogen) atoms. The molecular formula is C29H33NO4. The molecule has 0 aromatic heterocycles. The summed E-state index contributed by atoms with van der Waals surface area (Å²) in [5.41, 5.74) is 2.91. The number of hydrogen-bond acceptors (Lipinski definition) is 5. The minimum atomic E-state index is -1.07. The van der Waals surface area contributed by atoms with Crippen molar-refractivity contribution in [2.24, 2.45) is 0 Å². The van der Waals surface area contributed by atoms with Gasteiger partial charge in [-0.1, -0.05) is 30.3 Å². The monoisotopic (exact) mass is 459 g/mol. The number of aromatic hydroxyl groups is 1. The molecule has 1 aliphatic heterocycles. The van der Waals surface area contributed by atoms with Crippen molar-refractivity contribution in [3.05, 3.63) is 89.0 Å². The van der Waals surface area contributed by atoms with Crippen LogP contribution in [0.15, 0.2) is 66.7 Å². The topological polar surface area (TPSA) is 62.2 Å². The van der Waals surface area contributed by atoms with Crippen molar-refractivity contribution in [3.63, 3.8) is 0 Å². The summed E-state index contributed by atoms with van der Waals surface area (Å²) in [6, 6.07) is 21.3. The molecule has 5 nitrogen and oxygen atoms in total. The molecule has 0 saturated carbocycles. The van der Waals surface area contributed by atoms with Gasteiger partial charge in [-0.2, -0.15) is 0 Å². The third kappa shape index (κ3) is 4.63. The maximum absolute atomic E-state index is 12.1. The second-order valence-corrected chi connectivity index (χ2v) is 9.51. The lowest BCUT2D eigenvalue weighted by molar-refractivity contribution is 0.0189. The van der Waals surface area contributed by atoms with Crippen LogP contribution in [0.3, 0.4) is 0 Å². The number of likely N-dealkylation sites (tertiary alicyclic amines) is 1. The van der Waals surface area contributed by atoms with E-state index in [0.717, 1.165) is 40.3 Å². The average Bonchev–Trinajstić information content (AvgIpc) is 3.46. The van der Waals surface area contributed by atoms with Crippen LogP contribution in [0.4, 0.5) is 0 Å². The number of ether oxygens (including phenoxy) is 2. The van der Waals surface area contributed by atoms with Crippen molar-refractivity contribution in [1.82, 2.24) is 4.90 Å². The maximum atomic E-state index is 12.1. The summed E-state index contributed by atoms with van der Waals surface area (Å²) < 4.78 is 11.3. The Labute approximate surface area is 201 Å². The van der Waals surface area contributed by atoms with E-state index in [1.54, 1.807) is 19.2 Å². The average molecular weight is 460 g/mol. The van der Waals surface area contributed by atoms with Crippen LogP contribution in [0.25, 0.3) is 0 Å². The summed E-state index contributed by atoms with van der Waals surface area (Å²) >= 11 is 0. The smallest absolute Gasteiger partial charge is 0.119 e. The fourth-order valence-electron chi connectivity index (χ4n) is 5.51. The first-order valence-electron chi connectivity index (χ1n) is 12.2. The Balaban J connectivity index is 1.34. The number of nitrogens with zero attached hydrogens (tertiary/aromatic N) is 1. The minimum absolute atomic E-state index is 0.119. The molecule has 178 valence electrons. The SMILES string of the molecule is COc1ccc(C2Cc3cc(O)ccc3C2(O)Cc2ccc(OCCN3CCCC3)cc2)cc1. The molecule has 1 heterocycles. The van der Waals surface area contributed by atoms with Gasteiger partial charge in [0.1, 0.15) is 29.5 Å². The van der Waals surface area contributed by atoms with Gasteiger partial charge in [0.05, 0.1) is 7.11 Å². The lowest BCUT2D eigenvalue weighted by Crippen LogP contribution is -2.32. The minimum Gasteiger partial charge on any atom is -0.508 e. The van der Waals surface area contributed by atoms with Crippen LogP contribution < -0.4 is 9.47 Å². The van der Waals surface area contributed by atoms with Gasteiger partial charge in [-0.05, 0) is 91.0 Å². The third-order valence-corrected chi connectivity index (χ3v) is 7.35. The first-order valence-corrected chi connectivity index (χ1v) is 12.2. The number of benzene rings is 3. The molecule has 5 rings (SSSR count). The quantitative estimate of drug-likeness (QED) is 0.514. The van der Waals surface area contributed by atoms with Crippen molar-refractivity contribution in [1.29, 1.82) is 0 Å². The van der Waals surface area contributed by atoms with Crippen molar-refractivity contribution < 1.29 is 19.7 Å². The molecule has 2 aliphatic rings. The van der Waals surface area contributed by atoms with Gasteiger partial charge in [-0.3, -0.25) is 4.90 Å². The summed E-state index contributed by atoms with van der Waals surface area (Å²) in [6.07, 6.45) is 3.73. The number of aliphatic hydroxyl groups is 1. The number of fused-ring (bicyclic) bond motifs is 1. The van der Waals surface area contributed by atoms with Gasteiger partial charge in [0, 0.05) is 18.9 Å². The van der Waals surface area contributed by atoms with Crippen molar-refractivity contribution in [3.8, 4) is 17.2 Å². The zero-order valence-electron chi connectivity index (χ0n) is 19.7. The lowest BCUT2D eigenvalue weighted by Gasteiger charge is -2.32. The molecule has 0 amide bonds. The molecule has 0 bridgehead atoms. The summed E-state index contributed by atoms with van der Waals surface area (Å²) in [7, 11) is 1.65. The molecular weight excluding hydrogens is 426 g/mol. The highest BCUT2D eigenvalue weighted by molar-refractivity contribution is 5.49. The van der Waals surface area contributed by atoms with E-state index in [2.05, 4.69) is 4.90 Å². The van der Waals surface area contributed by atoms with Gasteiger partial charge in [-0.15, -0.1) is 0 Å². The zero-order valence-corrected chi connectivity index (χ0v) is 19.7. The highest BCUT2D eigenvalue weighted by Crippen LogP contribution is 2.50. The summed E-state index contributed by atoms with van der Waals surface area (Å²) in [5.74, 6) is 1.76. The van der Waals surface area contributed by atoms with Crippen LogP contribution >= 0.6 is 0 Å². The van der Waals surface area contributed by atoms with E-state index in [9.17, 15) is 10.2 Å². The van der Waals surface area contributed by atoms with Crippen LogP contribution in [-0.2, 0) is 18.4 Å². The van der Waals surface area contributed by atoms with Crippen molar-refractivity contribution >= 4 is 0 Å². The summed E-state index contributed by atoms with van der Waals surface area (Å²) in [6.45, 7) is 4.01. The highest BCUT2D eigenvalue weighted by atomic mass is 16.5. The molecule has 0 radical (unpaired) electrons. The second-order valence-electron chi connectivity index (χ2n) is 9.51. The van der Waals surface area contributed by atoms with Gasteiger partial charge in [0.2, 0.25) is 0 Å². The standard InChI is InChI=1S/C29H33NO4/c1-33-25-11-6-22(7-12-25)28-19-23-18-24(31)8-13-27(23)29(28,32)20-21-4-9-26(10-5-21)34-17-16-30-14-2-3-15-30/h4-13,18,28,31-32H,2-3,14-17,19-20H2,1H3. The van der Waals surface area contributed by atoms with Gasteiger partial charge < -0.3 is 19.7 Å². The van der Waals surface area contributed by atoms with E-state index in [-0.39, 0.29) is 11.7 Å². The number of rotatable bonds is 8. The maximum Gasteiger partial charge on any atom is 0.119 e. The van der Waals surface area contributed by atoms with Crippen molar-refractivity contribution in [2.75, 3.05) is 33.4 Å². The predicted octanol–water partition coefficient (Wildman–Crippen LogP) is 4.65. The van der Waals surface area contributed by atoms with Crippen LogP contribution in [0, 0.1) is 0 Å². The van der Waals surface area contributed by atoms with E-state index >= 15 is 0 Å². The van der Waals surface area contributed by atoms with E-state index in [1.165, 1.54) is 25.9 Å². The Morgan fingerprint density at radius 1 is 0.941 bits per heavy atom. The fraction of sp³-hybridized carbons (Fsp3) is 0.379. The molecule has 2 atom stereocenters. The fourth-order valence-corrected chi connectivity index (χ4v) is 5.51. The molecule has 0 spiro atoms. The lowest BCUT2D eigenvalue weighted by atomic mass is 9.78. The summed E-state index contributed by atoms with van der Waals surface area (Å²) in [5, 5.41) is 22.1. The third-order valence-electron chi connectivity index (χ3n) is 7.35. The molecule has 5 heteroatoms. The van der Waals surface area contributed by atoms with E-state index < -0.39 is 5.60 Å². The van der Waals surface area contributed by atoms with Gasteiger partial charge in [0.25, 0.3) is 0 Å². The summed E-state index contributed by atoms with van der Waals surface area (Å²) in [4.78, 5) is 2.44. The van der Waals surface area contributed by atoms with Crippen LogP contribution in [-0.4, -0.2) is 48.5 Å². The molecule has 1 saturated heterocycles. The van der Waals surface area contributed by atoms with Gasteiger partial charge >= 0.3 is 0 Å². The zero-order chi connectivity index (χ0) is 23.5. The normalized spacial score (nSPS) is 22.0. The molecule has 1 fully saturated rings. The van der Waals surface area contributed by atoms with Crippen molar-refractivity contribution in [2.45, 2.75) is 37.2 Å². The number of phenolic OH excluding ortho intramolecular Hbond substituents is 1. The molecule has 3 aromatic carbocycles. The second kappa shape index (κ2) is 9.69. The molecule has 2 N–H and O–H groups in total. The Hall–Kier alpha value is -3.02.